The lowest BCUT2D eigenvalue weighted by molar-refractivity contribution is -0.136. The van der Waals surface area contributed by atoms with E-state index in [1.807, 2.05) is 6.92 Å². The van der Waals surface area contributed by atoms with Gasteiger partial charge in [0.1, 0.15) is 11.6 Å². The van der Waals surface area contributed by atoms with Gasteiger partial charge < -0.3 is 24.8 Å². The van der Waals surface area contributed by atoms with Gasteiger partial charge in [-0.3, -0.25) is 14.4 Å². The van der Waals surface area contributed by atoms with Gasteiger partial charge in [-0.1, -0.05) is 12.1 Å². The number of amides is 3. The zero-order valence-corrected chi connectivity index (χ0v) is 20.1. The Balaban J connectivity index is 1.51. The van der Waals surface area contributed by atoms with Crippen molar-refractivity contribution in [1.29, 1.82) is 0 Å². The molecule has 10 nitrogen and oxygen atoms in total. The van der Waals surface area contributed by atoms with E-state index in [9.17, 15) is 18.8 Å². The summed E-state index contributed by atoms with van der Waals surface area (Å²) in [6.45, 7) is 2.18. The van der Waals surface area contributed by atoms with Crippen molar-refractivity contribution in [2.45, 2.75) is 6.92 Å². The molecular weight excluding hydrogens is 483 g/mol. The van der Waals surface area contributed by atoms with E-state index in [2.05, 4.69) is 21.2 Å². The smallest absolute Gasteiger partial charge is 0.329 e. The Kier molecular flexibility index (Phi) is 9.54. The maximum absolute atomic E-state index is 13.6. The highest BCUT2D eigenvalue weighted by atomic mass is 19.1. The molecule has 0 heterocycles. The maximum atomic E-state index is 13.6. The van der Waals surface area contributed by atoms with Crippen molar-refractivity contribution < 1.29 is 33.0 Å². The maximum Gasteiger partial charge on any atom is 0.329 e. The molecule has 0 bridgehead atoms. The summed E-state index contributed by atoms with van der Waals surface area (Å²) in [5.41, 5.74) is 3.04. The van der Waals surface area contributed by atoms with Crippen LogP contribution in [0, 0.1) is 5.82 Å². The van der Waals surface area contributed by atoms with Gasteiger partial charge in [-0.05, 0) is 67.1 Å². The van der Waals surface area contributed by atoms with Crippen molar-refractivity contribution in [3.05, 3.63) is 78.1 Å². The van der Waals surface area contributed by atoms with Crippen LogP contribution in [0.4, 0.5) is 15.8 Å². The van der Waals surface area contributed by atoms with Gasteiger partial charge in [0.05, 0.1) is 25.6 Å². The van der Waals surface area contributed by atoms with Crippen molar-refractivity contribution in [2.75, 3.05) is 31.0 Å². The highest BCUT2D eigenvalue weighted by Crippen LogP contribution is 2.27. The molecule has 11 heteroatoms. The minimum absolute atomic E-state index is 0.125. The Bertz CT molecular complexity index is 1280. The minimum atomic E-state index is -1.08. The van der Waals surface area contributed by atoms with Gasteiger partial charge in [0, 0.05) is 5.69 Å². The summed E-state index contributed by atoms with van der Waals surface area (Å²) < 4.78 is 29.8. The fourth-order valence-electron chi connectivity index (χ4n) is 2.98. The molecule has 0 saturated heterocycles. The molecule has 0 saturated carbocycles. The number of carbonyl (C=O) groups excluding carboxylic acids is 3. The Morgan fingerprint density at radius 3 is 2.38 bits per heavy atom. The van der Waals surface area contributed by atoms with E-state index in [4.69, 9.17) is 14.2 Å². The van der Waals surface area contributed by atoms with Crippen molar-refractivity contribution >= 4 is 35.3 Å². The number of carbonyl (C=O) groups is 3. The summed E-state index contributed by atoms with van der Waals surface area (Å²) >= 11 is 0. The molecule has 0 fully saturated rings. The molecule has 0 aliphatic carbocycles. The summed E-state index contributed by atoms with van der Waals surface area (Å²) in [5, 5.41) is 8.60. The van der Waals surface area contributed by atoms with Crippen molar-refractivity contribution in [3.8, 4) is 17.2 Å². The van der Waals surface area contributed by atoms with Crippen LogP contribution in [0.2, 0.25) is 0 Å². The second-order valence-electron chi connectivity index (χ2n) is 7.34. The van der Waals surface area contributed by atoms with Crippen LogP contribution in [0.15, 0.2) is 71.8 Å². The van der Waals surface area contributed by atoms with Crippen molar-refractivity contribution in [2.24, 2.45) is 5.10 Å². The standard InChI is InChI=1S/C26H25FN4O6/c1-3-36-19-11-9-18(10-12-19)29-24(32)16-37-22-13-8-17(14-23(22)35-2)15-28-31-26(34)25(33)30-21-7-5-4-6-20(21)27/h4-15H,3,16H2,1-2H3,(H,29,32)(H,30,33)(H,31,34)/b28-15-. The first kappa shape index (κ1) is 26.7. The average molecular weight is 509 g/mol. The second kappa shape index (κ2) is 13.2. The number of rotatable bonds is 10. The number of methoxy groups -OCH3 is 1. The number of nitrogens with zero attached hydrogens (tertiary/aromatic N) is 1. The fraction of sp³-hybridized carbons (Fsp3) is 0.154. The van der Waals surface area contributed by atoms with Gasteiger partial charge in [0.15, 0.2) is 18.1 Å². The van der Waals surface area contributed by atoms with Crippen molar-refractivity contribution in [1.82, 2.24) is 5.43 Å². The van der Waals surface area contributed by atoms with E-state index >= 15 is 0 Å². The first-order chi connectivity index (χ1) is 17.9. The van der Waals surface area contributed by atoms with Crippen molar-refractivity contribution in [3.63, 3.8) is 0 Å². The zero-order valence-electron chi connectivity index (χ0n) is 20.1. The van der Waals surface area contributed by atoms with Crippen LogP contribution >= 0.6 is 0 Å². The normalized spacial score (nSPS) is 10.5. The van der Waals surface area contributed by atoms with Crippen LogP contribution in [0.25, 0.3) is 0 Å². The molecule has 3 aromatic rings. The van der Waals surface area contributed by atoms with E-state index in [0.717, 1.165) is 6.07 Å². The Morgan fingerprint density at radius 1 is 0.919 bits per heavy atom. The van der Waals surface area contributed by atoms with Gasteiger partial charge in [0.25, 0.3) is 5.91 Å². The van der Waals surface area contributed by atoms with Gasteiger partial charge in [0.2, 0.25) is 0 Å². The van der Waals surface area contributed by atoms with Crippen LogP contribution in [0.1, 0.15) is 12.5 Å². The molecule has 3 aromatic carbocycles. The Labute approximate surface area is 212 Å². The largest absolute Gasteiger partial charge is 0.494 e. The van der Waals surface area contributed by atoms with Gasteiger partial charge in [-0.25, -0.2) is 9.82 Å². The first-order valence-corrected chi connectivity index (χ1v) is 11.1. The molecule has 3 N–H and O–H groups in total. The summed E-state index contributed by atoms with van der Waals surface area (Å²) in [5.74, 6) is -1.85. The summed E-state index contributed by atoms with van der Waals surface area (Å²) in [4.78, 5) is 36.0. The van der Waals surface area contributed by atoms with Gasteiger partial charge in [-0.15, -0.1) is 0 Å². The molecule has 0 aliphatic heterocycles. The predicted octanol–water partition coefficient (Wildman–Crippen LogP) is 3.34. The number of ether oxygens (including phenoxy) is 3. The molecule has 192 valence electrons. The summed E-state index contributed by atoms with van der Waals surface area (Å²) in [6, 6.07) is 17.1. The molecule has 0 atom stereocenters. The fourth-order valence-corrected chi connectivity index (χ4v) is 2.98. The number of hydrogen-bond donors (Lipinski definition) is 3. The second-order valence-corrected chi connectivity index (χ2v) is 7.34. The molecule has 0 aliphatic rings. The molecule has 0 unspecified atom stereocenters. The molecule has 3 amide bonds. The van der Waals surface area contributed by atoms with E-state index in [0.29, 0.717) is 35.1 Å². The number of benzene rings is 3. The number of hydrazone groups is 1. The van der Waals surface area contributed by atoms with E-state index < -0.39 is 17.6 Å². The zero-order chi connectivity index (χ0) is 26.6. The molecule has 0 spiro atoms. The monoisotopic (exact) mass is 508 g/mol. The topological polar surface area (TPSA) is 127 Å². The van der Waals surface area contributed by atoms with E-state index in [1.165, 1.54) is 31.5 Å². The average Bonchev–Trinajstić information content (AvgIpc) is 2.90. The molecule has 37 heavy (non-hydrogen) atoms. The highest BCUT2D eigenvalue weighted by Gasteiger charge is 2.15. The number of anilines is 2. The molecular formula is C26H25FN4O6. The van der Waals surface area contributed by atoms with E-state index in [1.54, 1.807) is 42.5 Å². The third kappa shape index (κ3) is 8.06. The lowest BCUT2D eigenvalue weighted by atomic mass is 10.2. The minimum Gasteiger partial charge on any atom is -0.494 e. The summed E-state index contributed by atoms with van der Waals surface area (Å²) in [7, 11) is 1.43. The lowest BCUT2D eigenvalue weighted by Gasteiger charge is -2.12. The van der Waals surface area contributed by atoms with Crippen LogP contribution in [0.3, 0.4) is 0 Å². The molecule has 0 aromatic heterocycles. The highest BCUT2D eigenvalue weighted by molar-refractivity contribution is 6.39. The molecule has 3 rings (SSSR count). The third-order valence-electron chi connectivity index (χ3n) is 4.70. The molecule has 0 radical (unpaired) electrons. The number of para-hydroxylation sites is 1. The summed E-state index contributed by atoms with van der Waals surface area (Å²) in [6.07, 6.45) is 1.28. The van der Waals surface area contributed by atoms with Crippen LogP contribution in [0.5, 0.6) is 17.2 Å². The third-order valence-corrected chi connectivity index (χ3v) is 4.70. The van der Waals surface area contributed by atoms with Crippen LogP contribution in [-0.2, 0) is 14.4 Å². The SMILES string of the molecule is CCOc1ccc(NC(=O)COc2ccc(/C=N\NC(=O)C(=O)Nc3ccccc3F)cc2OC)cc1. The van der Waals surface area contributed by atoms with Gasteiger partial charge in [-0.2, -0.15) is 5.10 Å². The number of nitrogens with one attached hydrogen (secondary N) is 3. The number of halogens is 1. The predicted molar refractivity (Wildman–Crippen MR) is 135 cm³/mol. The lowest BCUT2D eigenvalue weighted by Crippen LogP contribution is -2.32. The Hall–Kier alpha value is -4.93. The quantitative estimate of drug-likeness (QED) is 0.219. The van der Waals surface area contributed by atoms with E-state index in [-0.39, 0.29) is 18.2 Å². The Morgan fingerprint density at radius 2 is 1.68 bits per heavy atom. The number of hydrogen-bond acceptors (Lipinski definition) is 7. The first-order valence-electron chi connectivity index (χ1n) is 11.1. The van der Waals surface area contributed by atoms with Crippen LogP contribution < -0.4 is 30.3 Å². The van der Waals surface area contributed by atoms with Gasteiger partial charge >= 0.3 is 11.8 Å². The van der Waals surface area contributed by atoms with Crippen LogP contribution in [-0.4, -0.2) is 44.3 Å².